The Morgan fingerprint density at radius 1 is 1.00 bits per heavy atom. The van der Waals surface area contributed by atoms with Crippen LogP contribution >= 0.6 is 11.8 Å². The van der Waals surface area contributed by atoms with Gasteiger partial charge < -0.3 is 5.73 Å². The molecule has 0 atom stereocenters. The van der Waals surface area contributed by atoms with Crippen LogP contribution in [0.4, 0.5) is 10.1 Å². The van der Waals surface area contributed by atoms with Gasteiger partial charge >= 0.3 is 0 Å². The molecule has 3 heteroatoms. The summed E-state index contributed by atoms with van der Waals surface area (Å²) in [6.45, 7) is 0. The smallest absolute Gasteiger partial charge is 0.139 e. The summed E-state index contributed by atoms with van der Waals surface area (Å²) in [5.41, 5.74) is 5.92. The molecule has 2 rings (SSSR count). The molecule has 0 spiro atoms. The van der Waals surface area contributed by atoms with E-state index in [1.807, 2.05) is 30.3 Å². The molecular weight excluding hydrogens is 209 g/mol. The van der Waals surface area contributed by atoms with Crippen molar-refractivity contribution in [3.63, 3.8) is 0 Å². The van der Waals surface area contributed by atoms with Crippen molar-refractivity contribution < 1.29 is 4.39 Å². The maximum atomic E-state index is 13.4. The van der Waals surface area contributed by atoms with E-state index >= 15 is 0 Å². The maximum absolute atomic E-state index is 13.4. The minimum absolute atomic E-state index is 0.274. The van der Waals surface area contributed by atoms with Crippen LogP contribution < -0.4 is 5.73 Å². The minimum Gasteiger partial charge on any atom is -0.399 e. The van der Waals surface area contributed by atoms with E-state index < -0.39 is 0 Å². The summed E-state index contributed by atoms with van der Waals surface area (Å²) in [6.07, 6.45) is 0. The molecule has 0 aliphatic heterocycles. The van der Waals surface area contributed by atoms with Gasteiger partial charge in [-0.05, 0) is 30.3 Å². The van der Waals surface area contributed by atoms with Crippen LogP contribution in [0.2, 0.25) is 0 Å². The van der Waals surface area contributed by atoms with Crippen molar-refractivity contribution >= 4 is 17.4 Å². The van der Waals surface area contributed by atoms with Gasteiger partial charge in [0.1, 0.15) is 5.82 Å². The molecule has 0 saturated heterocycles. The first-order valence-corrected chi connectivity index (χ1v) is 5.35. The topological polar surface area (TPSA) is 26.0 Å². The Morgan fingerprint density at radius 3 is 2.40 bits per heavy atom. The average molecular weight is 219 g/mol. The van der Waals surface area contributed by atoms with Crippen LogP contribution in [0.15, 0.2) is 58.3 Å². The molecule has 0 aliphatic rings. The standard InChI is InChI=1S/C12H10FNS/c13-11-8-9(14)6-7-12(11)15-10-4-2-1-3-5-10/h1-8H,14H2. The predicted molar refractivity (Wildman–Crippen MR) is 61.4 cm³/mol. The van der Waals surface area contributed by atoms with Gasteiger partial charge in [-0.25, -0.2) is 4.39 Å². The second-order valence-corrected chi connectivity index (χ2v) is 4.22. The van der Waals surface area contributed by atoms with E-state index in [2.05, 4.69) is 0 Å². The average Bonchev–Trinajstić information content (AvgIpc) is 2.24. The molecule has 0 heterocycles. The molecule has 2 aromatic rings. The van der Waals surface area contributed by atoms with E-state index in [9.17, 15) is 4.39 Å². The van der Waals surface area contributed by atoms with Crippen molar-refractivity contribution in [3.05, 3.63) is 54.3 Å². The molecule has 76 valence electrons. The monoisotopic (exact) mass is 219 g/mol. The van der Waals surface area contributed by atoms with Crippen LogP contribution in [0, 0.1) is 5.82 Å². The third kappa shape index (κ3) is 2.50. The Kier molecular flexibility index (Phi) is 2.92. The van der Waals surface area contributed by atoms with Crippen LogP contribution in [-0.2, 0) is 0 Å². The Morgan fingerprint density at radius 2 is 1.73 bits per heavy atom. The maximum Gasteiger partial charge on any atom is 0.139 e. The third-order valence-electron chi connectivity index (χ3n) is 1.93. The fourth-order valence-corrected chi connectivity index (χ4v) is 2.06. The zero-order chi connectivity index (χ0) is 10.7. The van der Waals surface area contributed by atoms with Crippen LogP contribution in [0.25, 0.3) is 0 Å². The first-order chi connectivity index (χ1) is 7.25. The number of hydrogen-bond acceptors (Lipinski definition) is 2. The summed E-state index contributed by atoms with van der Waals surface area (Å²) in [7, 11) is 0. The Labute approximate surface area is 92.1 Å². The van der Waals surface area contributed by atoms with Gasteiger partial charge in [0, 0.05) is 15.5 Å². The van der Waals surface area contributed by atoms with E-state index in [4.69, 9.17) is 5.73 Å². The Hall–Kier alpha value is -1.48. The summed E-state index contributed by atoms with van der Waals surface area (Å²) in [5.74, 6) is -0.274. The Bertz CT molecular complexity index is 456. The molecule has 0 unspecified atom stereocenters. The van der Waals surface area contributed by atoms with Crippen molar-refractivity contribution in [2.45, 2.75) is 9.79 Å². The highest BCUT2D eigenvalue weighted by Gasteiger charge is 2.03. The summed E-state index contributed by atoms with van der Waals surface area (Å²) >= 11 is 1.39. The van der Waals surface area contributed by atoms with Crippen LogP contribution in [-0.4, -0.2) is 0 Å². The van der Waals surface area contributed by atoms with Crippen molar-refractivity contribution in [3.8, 4) is 0 Å². The lowest BCUT2D eigenvalue weighted by atomic mass is 10.3. The molecule has 0 radical (unpaired) electrons. The third-order valence-corrected chi connectivity index (χ3v) is 2.99. The fraction of sp³-hybridized carbons (Fsp3) is 0. The molecule has 2 aromatic carbocycles. The van der Waals surface area contributed by atoms with Gasteiger partial charge in [0.2, 0.25) is 0 Å². The van der Waals surface area contributed by atoms with E-state index in [0.29, 0.717) is 10.6 Å². The first-order valence-electron chi connectivity index (χ1n) is 4.53. The number of nitrogen functional groups attached to an aromatic ring is 1. The highest BCUT2D eigenvalue weighted by atomic mass is 32.2. The van der Waals surface area contributed by atoms with Crippen LogP contribution in [0.5, 0.6) is 0 Å². The molecular formula is C12H10FNS. The van der Waals surface area contributed by atoms with E-state index in [1.54, 1.807) is 12.1 Å². The fourth-order valence-electron chi connectivity index (χ4n) is 1.22. The lowest BCUT2D eigenvalue weighted by Gasteiger charge is -2.03. The SMILES string of the molecule is Nc1ccc(Sc2ccccc2)c(F)c1. The number of benzene rings is 2. The van der Waals surface area contributed by atoms with Gasteiger partial charge in [-0.3, -0.25) is 0 Å². The second kappa shape index (κ2) is 4.36. The molecule has 0 aliphatic carbocycles. The van der Waals surface area contributed by atoms with Gasteiger partial charge in [0.25, 0.3) is 0 Å². The summed E-state index contributed by atoms with van der Waals surface area (Å²) in [4.78, 5) is 1.61. The number of hydrogen-bond donors (Lipinski definition) is 1. The quantitative estimate of drug-likeness (QED) is 0.781. The molecule has 0 aromatic heterocycles. The molecule has 0 amide bonds. The van der Waals surface area contributed by atoms with Gasteiger partial charge in [-0.15, -0.1) is 0 Å². The molecule has 0 bridgehead atoms. The van der Waals surface area contributed by atoms with Crippen molar-refractivity contribution in [2.24, 2.45) is 0 Å². The van der Waals surface area contributed by atoms with Crippen molar-refractivity contribution in [1.29, 1.82) is 0 Å². The first kappa shape index (κ1) is 10.1. The van der Waals surface area contributed by atoms with Gasteiger partial charge in [0.15, 0.2) is 0 Å². The largest absolute Gasteiger partial charge is 0.399 e. The zero-order valence-electron chi connectivity index (χ0n) is 7.98. The molecule has 2 N–H and O–H groups in total. The number of halogens is 1. The second-order valence-electron chi connectivity index (χ2n) is 3.10. The highest BCUT2D eigenvalue weighted by Crippen LogP contribution is 2.30. The summed E-state index contributed by atoms with van der Waals surface area (Å²) in [6, 6.07) is 14.4. The van der Waals surface area contributed by atoms with Crippen molar-refractivity contribution in [2.75, 3.05) is 5.73 Å². The molecule has 0 fully saturated rings. The number of nitrogens with two attached hydrogens (primary N) is 1. The molecule has 1 nitrogen and oxygen atoms in total. The van der Waals surface area contributed by atoms with Gasteiger partial charge in [0.05, 0.1) is 0 Å². The highest BCUT2D eigenvalue weighted by molar-refractivity contribution is 7.99. The van der Waals surface area contributed by atoms with E-state index in [-0.39, 0.29) is 5.82 Å². The van der Waals surface area contributed by atoms with E-state index in [1.165, 1.54) is 17.8 Å². The van der Waals surface area contributed by atoms with Gasteiger partial charge in [-0.2, -0.15) is 0 Å². The predicted octanol–water partition coefficient (Wildman–Crippen LogP) is 3.56. The zero-order valence-corrected chi connectivity index (χ0v) is 8.80. The molecule has 15 heavy (non-hydrogen) atoms. The van der Waals surface area contributed by atoms with Gasteiger partial charge in [-0.1, -0.05) is 30.0 Å². The van der Waals surface area contributed by atoms with E-state index in [0.717, 1.165) is 4.90 Å². The minimum atomic E-state index is -0.274. The Balaban J connectivity index is 2.25. The lowest BCUT2D eigenvalue weighted by molar-refractivity contribution is 0.603. The summed E-state index contributed by atoms with van der Waals surface area (Å²) in [5, 5.41) is 0. The number of rotatable bonds is 2. The number of anilines is 1. The molecule has 0 saturated carbocycles. The normalized spacial score (nSPS) is 10.2. The van der Waals surface area contributed by atoms with Crippen LogP contribution in [0.3, 0.4) is 0 Å². The lowest BCUT2D eigenvalue weighted by Crippen LogP contribution is -1.87. The summed E-state index contributed by atoms with van der Waals surface area (Å²) < 4.78 is 13.4. The van der Waals surface area contributed by atoms with Crippen molar-refractivity contribution in [1.82, 2.24) is 0 Å². The van der Waals surface area contributed by atoms with Crippen LogP contribution in [0.1, 0.15) is 0 Å².